The van der Waals surface area contributed by atoms with E-state index in [0.29, 0.717) is 11.1 Å². The van der Waals surface area contributed by atoms with Gasteiger partial charge in [-0.05, 0) is 61.3 Å². The summed E-state index contributed by atoms with van der Waals surface area (Å²) in [6.07, 6.45) is 5.76. The van der Waals surface area contributed by atoms with Crippen LogP contribution < -0.4 is 21.7 Å². The lowest BCUT2D eigenvalue weighted by Gasteiger charge is -2.12. The molecule has 0 radical (unpaired) electrons. The summed E-state index contributed by atoms with van der Waals surface area (Å²) in [6.45, 7) is 4.23. The molecule has 204 valence electrons. The van der Waals surface area contributed by atoms with Gasteiger partial charge in [-0.15, -0.1) is 0 Å². The first-order chi connectivity index (χ1) is 19.6. The molecule has 0 atom stereocenters. The van der Waals surface area contributed by atoms with Crippen molar-refractivity contribution in [2.24, 2.45) is 5.73 Å². The van der Waals surface area contributed by atoms with E-state index in [0.717, 1.165) is 83.7 Å². The van der Waals surface area contributed by atoms with Crippen LogP contribution in [0.15, 0.2) is 85.2 Å². The first-order valence-electron chi connectivity index (χ1n) is 13.6. The SMILES string of the molecule is NC(=O)c1ccc2c(c1)nc(NCCNCCCCNCc1ccc(-c3ccccc3)c(Cl)c1)c1ccncc12. The average molecular weight is 553 g/mol. The van der Waals surface area contributed by atoms with Crippen LogP contribution in [0, 0.1) is 0 Å². The number of carbonyl (C=O) groups is 1. The third-order valence-electron chi connectivity index (χ3n) is 6.88. The van der Waals surface area contributed by atoms with E-state index in [4.69, 9.17) is 22.3 Å². The van der Waals surface area contributed by atoms with Gasteiger partial charge in [-0.1, -0.05) is 60.1 Å². The van der Waals surface area contributed by atoms with Crippen LogP contribution >= 0.6 is 11.6 Å². The molecule has 0 aliphatic heterocycles. The number of hydrogen-bond acceptors (Lipinski definition) is 6. The van der Waals surface area contributed by atoms with Crippen molar-refractivity contribution in [1.82, 2.24) is 20.6 Å². The second-order valence-electron chi connectivity index (χ2n) is 9.72. The summed E-state index contributed by atoms with van der Waals surface area (Å²) >= 11 is 6.53. The van der Waals surface area contributed by atoms with E-state index in [2.05, 4.69) is 45.2 Å². The van der Waals surface area contributed by atoms with Crippen molar-refractivity contribution in [1.29, 1.82) is 0 Å². The van der Waals surface area contributed by atoms with Crippen LogP contribution in [0.4, 0.5) is 5.82 Å². The standard InChI is InChI=1S/C32H33ClN6O/c33-29-18-22(8-10-25(29)23-6-2-1-3-7-23)20-36-14-5-4-13-35-16-17-38-32-27-12-15-37-21-28(27)26-11-9-24(31(34)40)19-30(26)39-32/h1-3,6-12,15,18-19,21,35-36H,4-5,13-14,16-17,20H2,(H2,34,40)(H,38,39). The zero-order valence-electron chi connectivity index (χ0n) is 22.3. The Morgan fingerprint density at radius 3 is 2.45 bits per heavy atom. The topological polar surface area (TPSA) is 105 Å². The van der Waals surface area contributed by atoms with Gasteiger partial charge in [-0.25, -0.2) is 4.98 Å². The molecule has 0 unspecified atom stereocenters. The molecule has 1 amide bonds. The van der Waals surface area contributed by atoms with Crippen LogP contribution in [-0.2, 0) is 6.54 Å². The molecule has 5 rings (SSSR count). The number of carbonyl (C=O) groups excluding carboxylic acids is 1. The van der Waals surface area contributed by atoms with Gasteiger partial charge in [0, 0.05) is 64.3 Å². The Labute approximate surface area is 239 Å². The molecule has 0 aliphatic carbocycles. The van der Waals surface area contributed by atoms with Crippen LogP contribution in [0.2, 0.25) is 5.02 Å². The Hall–Kier alpha value is -4.04. The Bertz CT molecular complexity index is 1610. The molecule has 0 spiro atoms. The van der Waals surface area contributed by atoms with Crippen LogP contribution in [0.3, 0.4) is 0 Å². The Kier molecular flexibility index (Phi) is 9.18. The third-order valence-corrected chi connectivity index (χ3v) is 7.19. The van der Waals surface area contributed by atoms with Gasteiger partial charge in [0.2, 0.25) is 5.91 Å². The highest BCUT2D eigenvalue weighted by Crippen LogP contribution is 2.30. The Morgan fingerprint density at radius 2 is 1.65 bits per heavy atom. The average Bonchev–Trinajstić information content (AvgIpc) is 2.98. The third kappa shape index (κ3) is 6.74. The fourth-order valence-corrected chi connectivity index (χ4v) is 5.10. The van der Waals surface area contributed by atoms with E-state index in [1.807, 2.05) is 42.6 Å². The quantitative estimate of drug-likeness (QED) is 0.109. The summed E-state index contributed by atoms with van der Waals surface area (Å²) in [5.41, 5.74) is 10.00. The number of unbranched alkanes of at least 4 members (excludes halogenated alkanes) is 1. The molecule has 0 bridgehead atoms. The largest absolute Gasteiger partial charge is 0.368 e. The van der Waals surface area contributed by atoms with Gasteiger partial charge < -0.3 is 21.7 Å². The monoisotopic (exact) mass is 552 g/mol. The number of rotatable bonds is 13. The van der Waals surface area contributed by atoms with E-state index >= 15 is 0 Å². The van der Waals surface area contributed by atoms with Crippen molar-refractivity contribution in [3.05, 3.63) is 101 Å². The van der Waals surface area contributed by atoms with E-state index in [1.54, 1.807) is 18.3 Å². The van der Waals surface area contributed by atoms with E-state index in [1.165, 1.54) is 5.56 Å². The molecule has 40 heavy (non-hydrogen) atoms. The molecule has 2 aromatic heterocycles. The lowest BCUT2D eigenvalue weighted by Crippen LogP contribution is -2.24. The van der Waals surface area contributed by atoms with Crippen LogP contribution in [0.5, 0.6) is 0 Å². The fourth-order valence-electron chi connectivity index (χ4n) is 4.78. The van der Waals surface area contributed by atoms with Gasteiger partial charge in [0.1, 0.15) is 5.82 Å². The number of hydrogen-bond donors (Lipinski definition) is 4. The summed E-state index contributed by atoms with van der Waals surface area (Å²) in [5, 5.41) is 14.1. The number of nitrogens with zero attached hydrogens (tertiary/aromatic N) is 2. The minimum atomic E-state index is -0.467. The number of halogens is 1. The molecule has 5 N–H and O–H groups in total. The predicted molar refractivity (Wildman–Crippen MR) is 165 cm³/mol. The van der Waals surface area contributed by atoms with Gasteiger partial charge in [-0.3, -0.25) is 9.78 Å². The van der Waals surface area contributed by atoms with Crippen molar-refractivity contribution in [2.45, 2.75) is 19.4 Å². The number of aromatic nitrogens is 2. The van der Waals surface area contributed by atoms with Gasteiger partial charge in [0.05, 0.1) is 5.52 Å². The highest BCUT2D eigenvalue weighted by molar-refractivity contribution is 6.33. The zero-order valence-corrected chi connectivity index (χ0v) is 23.0. The molecule has 8 heteroatoms. The minimum Gasteiger partial charge on any atom is -0.368 e. The van der Waals surface area contributed by atoms with Gasteiger partial charge in [0.15, 0.2) is 0 Å². The second-order valence-corrected chi connectivity index (χ2v) is 10.1. The normalized spacial score (nSPS) is 11.2. The Morgan fingerprint density at radius 1 is 0.825 bits per heavy atom. The molecule has 0 fully saturated rings. The number of nitrogens with one attached hydrogen (secondary N) is 3. The molecule has 0 saturated heterocycles. The number of anilines is 1. The number of fused-ring (bicyclic) bond motifs is 3. The first-order valence-corrected chi connectivity index (χ1v) is 13.9. The molecule has 0 aliphatic rings. The molecule has 2 heterocycles. The Balaban J connectivity index is 1.02. The lowest BCUT2D eigenvalue weighted by molar-refractivity contribution is 0.100. The second kappa shape index (κ2) is 13.3. The molecular weight excluding hydrogens is 520 g/mol. The predicted octanol–water partition coefficient (Wildman–Crippen LogP) is 5.77. The number of benzene rings is 3. The fraction of sp³-hybridized carbons (Fsp3) is 0.219. The summed E-state index contributed by atoms with van der Waals surface area (Å²) in [6, 6.07) is 23.8. The smallest absolute Gasteiger partial charge is 0.248 e. The summed E-state index contributed by atoms with van der Waals surface area (Å²) in [7, 11) is 0. The molecule has 7 nitrogen and oxygen atoms in total. The summed E-state index contributed by atoms with van der Waals surface area (Å²) in [4.78, 5) is 20.7. The molecule has 0 saturated carbocycles. The molecule has 3 aromatic carbocycles. The minimum absolute atomic E-state index is 0.440. The molecular formula is C32H33ClN6O. The van der Waals surface area contributed by atoms with Crippen LogP contribution in [0.25, 0.3) is 32.8 Å². The molecule has 5 aromatic rings. The number of primary amides is 1. The summed E-state index contributed by atoms with van der Waals surface area (Å²) < 4.78 is 0. The maximum atomic E-state index is 11.6. The van der Waals surface area contributed by atoms with Crippen molar-refractivity contribution in [3.8, 4) is 11.1 Å². The number of pyridine rings is 2. The first kappa shape index (κ1) is 27.5. The maximum absolute atomic E-state index is 11.6. The highest BCUT2D eigenvalue weighted by Gasteiger charge is 2.10. The van der Waals surface area contributed by atoms with Gasteiger partial charge in [0.25, 0.3) is 0 Å². The maximum Gasteiger partial charge on any atom is 0.248 e. The lowest BCUT2D eigenvalue weighted by atomic mass is 10.0. The van der Waals surface area contributed by atoms with Crippen molar-refractivity contribution < 1.29 is 4.79 Å². The van der Waals surface area contributed by atoms with Crippen molar-refractivity contribution in [3.63, 3.8) is 0 Å². The van der Waals surface area contributed by atoms with E-state index in [9.17, 15) is 4.79 Å². The summed E-state index contributed by atoms with van der Waals surface area (Å²) in [5.74, 6) is 0.306. The van der Waals surface area contributed by atoms with Gasteiger partial charge >= 0.3 is 0 Å². The number of nitrogens with two attached hydrogens (primary N) is 1. The van der Waals surface area contributed by atoms with E-state index < -0.39 is 5.91 Å². The van der Waals surface area contributed by atoms with Crippen molar-refractivity contribution >= 4 is 45.0 Å². The van der Waals surface area contributed by atoms with Crippen LogP contribution in [0.1, 0.15) is 28.8 Å². The van der Waals surface area contributed by atoms with Crippen LogP contribution in [-0.4, -0.2) is 42.1 Å². The van der Waals surface area contributed by atoms with Gasteiger partial charge in [-0.2, -0.15) is 0 Å². The van der Waals surface area contributed by atoms with E-state index in [-0.39, 0.29) is 0 Å². The van der Waals surface area contributed by atoms with Crippen molar-refractivity contribution in [2.75, 3.05) is 31.5 Å². The highest BCUT2D eigenvalue weighted by atomic mass is 35.5. The zero-order chi connectivity index (χ0) is 27.7. The number of amides is 1.